The fourth-order valence-corrected chi connectivity index (χ4v) is 2.32. The predicted octanol–water partition coefficient (Wildman–Crippen LogP) is -1.20. The molecule has 7 heteroatoms. The van der Waals surface area contributed by atoms with Crippen LogP contribution in [0, 0.1) is 0 Å². The molecule has 0 aromatic rings. The monoisotopic (exact) mass is 271 g/mol. The molecule has 110 valence electrons. The lowest BCUT2D eigenvalue weighted by atomic mass is 10.1. The molecule has 7 nitrogen and oxygen atoms in total. The maximum absolute atomic E-state index is 12.0. The zero-order valence-electron chi connectivity index (χ0n) is 12.0. The van der Waals surface area contributed by atoms with E-state index in [-0.39, 0.29) is 18.0 Å². The molecular formula is C12H25N5O2. The van der Waals surface area contributed by atoms with Crippen molar-refractivity contribution in [2.24, 2.45) is 5.73 Å². The van der Waals surface area contributed by atoms with Gasteiger partial charge in [0.25, 0.3) is 0 Å². The fraction of sp³-hybridized carbons (Fsp3) is 0.833. The van der Waals surface area contributed by atoms with Crippen molar-refractivity contribution in [3.8, 4) is 0 Å². The molecule has 0 aromatic heterocycles. The van der Waals surface area contributed by atoms with Crippen molar-refractivity contribution in [3.05, 3.63) is 0 Å². The zero-order valence-corrected chi connectivity index (χ0v) is 12.0. The van der Waals surface area contributed by atoms with E-state index in [2.05, 4.69) is 20.4 Å². The van der Waals surface area contributed by atoms with E-state index < -0.39 is 6.03 Å². The van der Waals surface area contributed by atoms with Crippen LogP contribution in [0.5, 0.6) is 0 Å². The van der Waals surface area contributed by atoms with Crippen LogP contribution in [0.1, 0.15) is 13.8 Å². The molecule has 4 N–H and O–H groups in total. The van der Waals surface area contributed by atoms with Crippen LogP contribution < -0.4 is 16.4 Å². The van der Waals surface area contributed by atoms with Crippen LogP contribution in [-0.2, 0) is 4.79 Å². The number of carbonyl (C=O) groups excluding carboxylic acids is 2. The Kier molecular flexibility index (Phi) is 6.20. The minimum absolute atomic E-state index is 0.147. The molecular weight excluding hydrogens is 246 g/mol. The van der Waals surface area contributed by atoms with Crippen molar-refractivity contribution in [1.29, 1.82) is 0 Å². The molecule has 0 radical (unpaired) electrons. The number of nitrogens with one attached hydrogen (secondary N) is 2. The van der Waals surface area contributed by atoms with Gasteiger partial charge in [0, 0.05) is 38.8 Å². The minimum atomic E-state index is -0.447. The SMILES string of the molecule is CCNC(=O)NC(=O)C(C)N1CCN(C)CC1CN. The Morgan fingerprint density at radius 2 is 2.11 bits per heavy atom. The van der Waals surface area contributed by atoms with Gasteiger partial charge in [-0.1, -0.05) is 0 Å². The molecule has 1 heterocycles. The average Bonchev–Trinajstić information content (AvgIpc) is 2.37. The molecule has 1 fully saturated rings. The fourth-order valence-electron chi connectivity index (χ4n) is 2.32. The Bertz CT molecular complexity index is 323. The smallest absolute Gasteiger partial charge is 0.321 e. The number of likely N-dealkylation sites (N-methyl/N-ethyl adjacent to an activating group) is 1. The van der Waals surface area contributed by atoms with Crippen molar-refractivity contribution in [3.63, 3.8) is 0 Å². The summed E-state index contributed by atoms with van der Waals surface area (Å²) in [6.07, 6.45) is 0. The van der Waals surface area contributed by atoms with E-state index in [4.69, 9.17) is 5.73 Å². The van der Waals surface area contributed by atoms with Crippen molar-refractivity contribution in [1.82, 2.24) is 20.4 Å². The summed E-state index contributed by atoms with van der Waals surface area (Å²) in [6, 6.07) is -0.656. The van der Waals surface area contributed by atoms with E-state index >= 15 is 0 Å². The highest BCUT2D eigenvalue weighted by Gasteiger charge is 2.31. The molecule has 19 heavy (non-hydrogen) atoms. The molecule has 1 aliphatic rings. The minimum Gasteiger partial charge on any atom is -0.338 e. The summed E-state index contributed by atoms with van der Waals surface area (Å²) >= 11 is 0. The second-order valence-electron chi connectivity index (χ2n) is 4.91. The van der Waals surface area contributed by atoms with Crippen LogP contribution in [0.15, 0.2) is 0 Å². The van der Waals surface area contributed by atoms with Gasteiger partial charge in [0.1, 0.15) is 0 Å². The van der Waals surface area contributed by atoms with Crippen molar-refractivity contribution < 1.29 is 9.59 Å². The molecule has 1 saturated heterocycles. The first-order valence-electron chi connectivity index (χ1n) is 6.72. The van der Waals surface area contributed by atoms with E-state index in [0.717, 1.165) is 19.6 Å². The number of nitrogens with zero attached hydrogens (tertiary/aromatic N) is 2. The maximum atomic E-state index is 12.0. The summed E-state index contributed by atoms with van der Waals surface area (Å²) in [5.74, 6) is -0.283. The highest BCUT2D eigenvalue weighted by molar-refractivity contribution is 5.96. The molecule has 2 unspecified atom stereocenters. The molecule has 2 atom stereocenters. The number of carbonyl (C=O) groups is 2. The number of urea groups is 1. The van der Waals surface area contributed by atoms with Gasteiger partial charge in [-0.3, -0.25) is 15.0 Å². The number of amides is 3. The largest absolute Gasteiger partial charge is 0.338 e. The number of nitrogens with two attached hydrogens (primary N) is 1. The summed E-state index contributed by atoms with van der Waals surface area (Å²) < 4.78 is 0. The van der Waals surface area contributed by atoms with Gasteiger partial charge >= 0.3 is 6.03 Å². The molecule has 0 saturated carbocycles. The Morgan fingerprint density at radius 1 is 1.42 bits per heavy atom. The van der Waals surface area contributed by atoms with E-state index in [1.807, 2.05) is 14.0 Å². The lowest BCUT2D eigenvalue weighted by Crippen LogP contribution is -2.61. The lowest BCUT2D eigenvalue weighted by Gasteiger charge is -2.42. The molecule has 0 spiro atoms. The first kappa shape index (κ1) is 15.9. The number of hydrogen-bond acceptors (Lipinski definition) is 5. The topological polar surface area (TPSA) is 90.7 Å². The molecule has 1 aliphatic heterocycles. The molecule has 0 bridgehead atoms. The maximum Gasteiger partial charge on any atom is 0.321 e. The molecule has 0 aliphatic carbocycles. The summed E-state index contributed by atoms with van der Waals surface area (Å²) in [7, 11) is 2.04. The van der Waals surface area contributed by atoms with E-state index in [1.54, 1.807) is 6.92 Å². The van der Waals surface area contributed by atoms with E-state index in [0.29, 0.717) is 13.1 Å². The van der Waals surface area contributed by atoms with Crippen LogP contribution in [0.3, 0.4) is 0 Å². The van der Waals surface area contributed by atoms with Gasteiger partial charge in [0.2, 0.25) is 5.91 Å². The van der Waals surface area contributed by atoms with Crippen LogP contribution in [-0.4, -0.2) is 73.6 Å². The Labute approximate surface area is 114 Å². The van der Waals surface area contributed by atoms with Crippen LogP contribution in [0.4, 0.5) is 4.79 Å². The lowest BCUT2D eigenvalue weighted by molar-refractivity contribution is -0.126. The van der Waals surface area contributed by atoms with Gasteiger partial charge in [-0.2, -0.15) is 0 Å². The second kappa shape index (κ2) is 7.42. The van der Waals surface area contributed by atoms with Crippen molar-refractivity contribution in [2.45, 2.75) is 25.9 Å². The Morgan fingerprint density at radius 3 is 2.68 bits per heavy atom. The van der Waals surface area contributed by atoms with Gasteiger partial charge in [-0.05, 0) is 20.9 Å². The average molecular weight is 271 g/mol. The number of hydrogen-bond donors (Lipinski definition) is 3. The van der Waals surface area contributed by atoms with Gasteiger partial charge in [-0.15, -0.1) is 0 Å². The first-order valence-corrected chi connectivity index (χ1v) is 6.72. The third-order valence-corrected chi connectivity index (χ3v) is 3.45. The van der Waals surface area contributed by atoms with Crippen LogP contribution in [0.2, 0.25) is 0 Å². The van der Waals surface area contributed by atoms with Crippen LogP contribution >= 0.6 is 0 Å². The number of rotatable bonds is 4. The quantitative estimate of drug-likeness (QED) is 0.597. The summed E-state index contributed by atoms with van der Waals surface area (Å²) in [5.41, 5.74) is 5.76. The van der Waals surface area contributed by atoms with Crippen molar-refractivity contribution >= 4 is 11.9 Å². The summed E-state index contributed by atoms with van der Waals surface area (Å²) in [4.78, 5) is 27.6. The number of imide groups is 1. The third kappa shape index (κ3) is 4.45. The van der Waals surface area contributed by atoms with Crippen molar-refractivity contribution in [2.75, 3.05) is 39.8 Å². The highest BCUT2D eigenvalue weighted by atomic mass is 16.2. The van der Waals surface area contributed by atoms with Crippen LogP contribution in [0.25, 0.3) is 0 Å². The summed E-state index contributed by atoms with van der Waals surface area (Å²) in [6.45, 7) is 7.13. The predicted molar refractivity (Wildman–Crippen MR) is 73.7 cm³/mol. The second-order valence-corrected chi connectivity index (χ2v) is 4.91. The number of piperazine rings is 1. The van der Waals surface area contributed by atoms with Gasteiger partial charge in [0.05, 0.1) is 6.04 Å². The molecule has 3 amide bonds. The highest BCUT2D eigenvalue weighted by Crippen LogP contribution is 2.11. The Balaban J connectivity index is 2.57. The van der Waals surface area contributed by atoms with Gasteiger partial charge in [-0.25, -0.2) is 4.79 Å². The first-order chi connectivity index (χ1) is 8.99. The van der Waals surface area contributed by atoms with E-state index in [9.17, 15) is 9.59 Å². The zero-order chi connectivity index (χ0) is 14.4. The molecule has 1 rings (SSSR count). The Hall–Kier alpha value is -1.18. The normalized spacial score (nSPS) is 22.8. The van der Waals surface area contributed by atoms with Gasteiger partial charge < -0.3 is 16.0 Å². The summed E-state index contributed by atoms with van der Waals surface area (Å²) in [5, 5.41) is 4.89. The van der Waals surface area contributed by atoms with Gasteiger partial charge in [0.15, 0.2) is 0 Å². The van der Waals surface area contributed by atoms with E-state index in [1.165, 1.54) is 0 Å². The third-order valence-electron chi connectivity index (χ3n) is 3.45. The molecule has 0 aromatic carbocycles. The standard InChI is InChI=1S/C12H25N5O2/c1-4-14-12(19)15-11(18)9(2)17-6-5-16(3)8-10(17)7-13/h9-10H,4-8,13H2,1-3H3,(H2,14,15,18,19).